The summed E-state index contributed by atoms with van der Waals surface area (Å²) in [6.07, 6.45) is 85.3. The normalized spacial score (nSPS) is 12.8. The van der Waals surface area contributed by atoms with Crippen LogP contribution in [0, 0.1) is 0 Å². The number of carbonyl (C=O) groups excluding carboxylic acids is 3. The lowest BCUT2D eigenvalue weighted by atomic mass is 10.0. The van der Waals surface area contributed by atoms with Gasteiger partial charge < -0.3 is 14.2 Å². The minimum absolute atomic E-state index is 0.100. The lowest BCUT2D eigenvalue weighted by Crippen LogP contribution is -2.30. The summed E-state index contributed by atoms with van der Waals surface area (Å²) in [5.41, 5.74) is 0. The van der Waals surface area contributed by atoms with Crippen LogP contribution in [0.2, 0.25) is 0 Å². The minimum Gasteiger partial charge on any atom is -0.462 e. The first-order valence-electron chi connectivity index (χ1n) is 31.4. The van der Waals surface area contributed by atoms with Gasteiger partial charge in [-0.2, -0.15) is 0 Å². The molecule has 0 aromatic rings. The van der Waals surface area contributed by atoms with Crippen molar-refractivity contribution in [1.29, 1.82) is 0 Å². The number of esters is 3. The van der Waals surface area contributed by atoms with E-state index < -0.39 is 6.10 Å². The molecule has 0 spiro atoms. The summed E-state index contributed by atoms with van der Waals surface area (Å²) in [6.45, 7) is 6.39. The summed E-state index contributed by atoms with van der Waals surface area (Å²) in [7, 11) is 0. The fraction of sp³-hybridized carbons (Fsp3) is 0.696. The van der Waals surface area contributed by atoms with Crippen LogP contribution in [0.5, 0.6) is 0 Å². The molecule has 428 valence electrons. The van der Waals surface area contributed by atoms with Crippen molar-refractivity contribution in [3.63, 3.8) is 0 Å². The molecule has 6 nitrogen and oxygen atoms in total. The van der Waals surface area contributed by atoms with Gasteiger partial charge in [0.25, 0.3) is 0 Å². The molecule has 0 N–H and O–H groups in total. The van der Waals surface area contributed by atoms with Crippen LogP contribution in [0.3, 0.4) is 0 Å². The van der Waals surface area contributed by atoms with E-state index in [0.29, 0.717) is 19.3 Å². The number of carbonyl (C=O) groups is 3. The van der Waals surface area contributed by atoms with E-state index in [1.807, 2.05) is 0 Å². The van der Waals surface area contributed by atoms with Gasteiger partial charge in [0.2, 0.25) is 0 Å². The van der Waals surface area contributed by atoms with Gasteiger partial charge in [-0.15, -0.1) is 0 Å². The number of allylic oxidation sites excluding steroid dienone is 18. The van der Waals surface area contributed by atoms with Crippen molar-refractivity contribution >= 4 is 17.9 Å². The monoisotopic (exact) mass is 1040 g/mol. The molecule has 75 heavy (non-hydrogen) atoms. The van der Waals surface area contributed by atoms with Gasteiger partial charge in [-0.1, -0.05) is 278 Å². The molecule has 0 saturated heterocycles. The van der Waals surface area contributed by atoms with E-state index in [9.17, 15) is 14.4 Å². The highest BCUT2D eigenvalue weighted by molar-refractivity contribution is 5.71. The predicted molar refractivity (Wildman–Crippen MR) is 325 cm³/mol. The second kappa shape index (κ2) is 62.6. The lowest BCUT2D eigenvalue weighted by molar-refractivity contribution is -0.167. The molecule has 0 aromatic heterocycles. The van der Waals surface area contributed by atoms with Gasteiger partial charge in [-0.05, 0) is 103 Å². The maximum absolute atomic E-state index is 12.9. The predicted octanol–water partition coefficient (Wildman–Crippen LogP) is 21.4. The fourth-order valence-corrected chi connectivity index (χ4v) is 8.64. The number of rotatable bonds is 56. The van der Waals surface area contributed by atoms with Crippen LogP contribution in [0.15, 0.2) is 109 Å². The molecule has 0 amide bonds. The first-order valence-corrected chi connectivity index (χ1v) is 31.4. The summed E-state index contributed by atoms with van der Waals surface area (Å²) >= 11 is 0. The molecule has 0 aliphatic carbocycles. The topological polar surface area (TPSA) is 78.9 Å². The van der Waals surface area contributed by atoms with Gasteiger partial charge >= 0.3 is 17.9 Å². The standard InChI is InChI=1S/C69H116O6/c1-4-7-10-13-16-19-22-25-27-29-31-33-34-36-37-39-41-44-47-50-53-56-59-62-68(71)74-65-66(64-73-67(70)61-58-55-52-49-46-43-24-21-18-15-12-9-6-3)75-69(72)63-60-57-54-51-48-45-42-40-38-35-32-30-28-26-23-20-17-14-11-8-5-2/h7,9-10,12,16,18-19,21,25,27,31,33,36-37,41,43-44,46,66H,4-6,8,11,13-15,17,20,22-24,26,28-30,32,34-35,38-40,42,45,47-65H2,1-3H3/b10-7-,12-9-,19-16-,21-18-,27-25-,33-31-,37-36-,44-41-,46-43-. The molecule has 0 fully saturated rings. The Balaban J connectivity index is 4.40. The first kappa shape index (κ1) is 71.1. The van der Waals surface area contributed by atoms with E-state index in [-0.39, 0.29) is 31.1 Å². The van der Waals surface area contributed by atoms with Crippen molar-refractivity contribution < 1.29 is 28.6 Å². The van der Waals surface area contributed by atoms with Gasteiger partial charge in [0.15, 0.2) is 6.10 Å². The SMILES string of the molecule is CC/C=C\C/C=C\C/C=C\C/C=C\C/C=C\C/C=C\CCCCCCC(=O)OCC(COC(=O)CCCCC/C=C\C/C=C\C/C=C\CC)OC(=O)CCCCCCCCCCCCCCCCCCCCCCC. The van der Waals surface area contributed by atoms with Gasteiger partial charge in [0, 0.05) is 19.3 Å². The molecule has 0 aromatic carbocycles. The number of ether oxygens (including phenoxy) is 3. The Bertz CT molecular complexity index is 1520. The highest BCUT2D eigenvalue weighted by Gasteiger charge is 2.19. The van der Waals surface area contributed by atoms with Crippen molar-refractivity contribution in [1.82, 2.24) is 0 Å². The Labute approximate surface area is 463 Å². The van der Waals surface area contributed by atoms with Crippen LogP contribution in [-0.2, 0) is 28.6 Å². The van der Waals surface area contributed by atoms with Crippen molar-refractivity contribution in [3.8, 4) is 0 Å². The molecule has 0 aliphatic heterocycles. The molecule has 0 radical (unpaired) electrons. The lowest BCUT2D eigenvalue weighted by Gasteiger charge is -2.18. The zero-order valence-corrected chi connectivity index (χ0v) is 49.0. The molecular formula is C69H116O6. The van der Waals surface area contributed by atoms with E-state index >= 15 is 0 Å². The maximum atomic E-state index is 12.9. The quantitative estimate of drug-likeness (QED) is 0.0261. The number of hydrogen-bond acceptors (Lipinski definition) is 6. The molecule has 0 bridgehead atoms. The third kappa shape index (κ3) is 60.8. The zero-order valence-electron chi connectivity index (χ0n) is 49.0. The smallest absolute Gasteiger partial charge is 0.306 e. The van der Waals surface area contributed by atoms with Crippen LogP contribution < -0.4 is 0 Å². The molecular weight excluding hydrogens is 925 g/mol. The first-order chi connectivity index (χ1) is 37.0. The van der Waals surface area contributed by atoms with Crippen molar-refractivity contribution in [2.45, 2.75) is 297 Å². The molecule has 0 rings (SSSR count). The van der Waals surface area contributed by atoms with Crippen LogP contribution >= 0.6 is 0 Å². The number of unbranched alkanes of at least 4 members (excludes halogenated alkanes) is 27. The van der Waals surface area contributed by atoms with Gasteiger partial charge in [-0.25, -0.2) is 0 Å². The highest BCUT2D eigenvalue weighted by atomic mass is 16.6. The van der Waals surface area contributed by atoms with Crippen LogP contribution in [0.25, 0.3) is 0 Å². The molecule has 0 saturated carbocycles. The summed E-state index contributed by atoms with van der Waals surface area (Å²) in [5, 5.41) is 0. The molecule has 1 atom stereocenters. The fourth-order valence-electron chi connectivity index (χ4n) is 8.64. The Hall–Kier alpha value is -3.93. The van der Waals surface area contributed by atoms with E-state index in [2.05, 4.69) is 130 Å². The van der Waals surface area contributed by atoms with Gasteiger partial charge in [-0.3, -0.25) is 14.4 Å². The second-order valence-electron chi connectivity index (χ2n) is 20.6. The Morgan fingerprint density at radius 2 is 0.520 bits per heavy atom. The van der Waals surface area contributed by atoms with Crippen molar-refractivity contribution in [2.24, 2.45) is 0 Å². The summed E-state index contributed by atoms with van der Waals surface area (Å²) in [4.78, 5) is 38.3. The van der Waals surface area contributed by atoms with Crippen LogP contribution in [0.4, 0.5) is 0 Å². The third-order valence-corrected chi connectivity index (χ3v) is 13.3. The van der Waals surface area contributed by atoms with Crippen molar-refractivity contribution in [2.75, 3.05) is 13.2 Å². The van der Waals surface area contributed by atoms with E-state index in [0.717, 1.165) is 135 Å². The number of hydrogen-bond donors (Lipinski definition) is 0. The molecule has 6 heteroatoms. The minimum atomic E-state index is -0.802. The zero-order chi connectivity index (χ0) is 54.3. The molecule has 0 heterocycles. The largest absolute Gasteiger partial charge is 0.462 e. The Kier molecular flexibility index (Phi) is 59.3. The molecule has 1 unspecified atom stereocenters. The molecule has 0 aliphatic rings. The Morgan fingerprint density at radius 1 is 0.280 bits per heavy atom. The van der Waals surface area contributed by atoms with E-state index in [1.54, 1.807) is 0 Å². The van der Waals surface area contributed by atoms with Gasteiger partial charge in [0.05, 0.1) is 0 Å². The van der Waals surface area contributed by atoms with Crippen molar-refractivity contribution in [3.05, 3.63) is 109 Å². The Morgan fingerprint density at radius 3 is 0.827 bits per heavy atom. The summed E-state index contributed by atoms with van der Waals surface area (Å²) < 4.78 is 16.9. The average molecular weight is 1040 g/mol. The van der Waals surface area contributed by atoms with Crippen LogP contribution in [-0.4, -0.2) is 37.2 Å². The summed E-state index contributed by atoms with van der Waals surface area (Å²) in [5.74, 6) is -0.944. The maximum Gasteiger partial charge on any atom is 0.306 e. The second-order valence-corrected chi connectivity index (χ2v) is 20.6. The van der Waals surface area contributed by atoms with E-state index in [1.165, 1.54) is 116 Å². The van der Waals surface area contributed by atoms with Gasteiger partial charge in [0.1, 0.15) is 13.2 Å². The van der Waals surface area contributed by atoms with Crippen LogP contribution in [0.1, 0.15) is 290 Å². The average Bonchev–Trinajstić information content (AvgIpc) is 3.41. The van der Waals surface area contributed by atoms with E-state index in [4.69, 9.17) is 14.2 Å². The highest BCUT2D eigenvalue weighted by Crippen LogP contribution is 2.16. The summed E-state index contributed by atoms with van der Waals surface area (Å²) in [6, 6.07) is 0. The third-order valence-electron chi connectivity index (χ3n) is 13.3.